The lowest BCUT2D eigenvalue weighted by Crippen LogP contribution is -2.13. The minimum absolute atomic E-state index is 0.166. The van der Waals surface area contributed by atoms with Gasteiger partial charge in [-0.1, -0.05) is 53.5 Å². The molecule has 0 radical (unpaired) electrons. The van der Waals surface area contributed by atoms with Crippen LogP contribution in [0.25, 0.3) is 0 Å². The Morgan fingerprint density at radius 3 is 2.68 bits per heavy atom. The van der Waals surface area contributed by atoms with Crippen LogP contribution in [0.15, 0.2) is 48.7 Å². The molecule has 3 aromatic rings. The number of aryl methyl sites for hydroxylation is 3. The number of aromatic nitrogens is 3. The zero-order valence-electron chi connectivity index (χ0n) is 13.5. The molecular weight excluding hydrogens is 359 g/mol. The number of carbonyl (C=O) groups excluding carboxylic acids is 1. The summed E-state index contributed by atoms with van der Waals surface area (Å²) >= 11 is 11.7. The second-order valence-electron chi connectivity index (χ2n) is 5.58. The van der Waals surface area contributed by atoms with Crippen LogP contribution < -0.4 is 5.32 Å². The van der Waals surface area contributed by atoms with Crippen LogP contribution in [0.4, 0.5) is 5.82 Å². The highest BCUT2D eigenvalue weighted by Gasteiger charge is 2.12. The second kappa shape index (κ2) is 7.68. The number of halogens is 2. The normalized spacial score (nSPS) is 10.7. The van der Waals surface area contributed by atoms with E-state index in [1.165, 1.54) is 17.8 Å². The van der Waals surface area contributed by atoms with Gasteiger partial charge < -0.3 is 5.32 Å². The molecule has 0 bridgehead atoms. The minimum atomic E-state index is -0.334. The molecule has 0 atom stereocenters. The van der Waals surface area contributed by atoms with Crippen LogP contribution in [0, 0.1) is 6.92 Å². The molecule has 0 unspecified atom stereocenters. The van der Waals surface area contributed by atoms with Crippen LogP contribution in [0.1, 0.15) is 21.6 Å². The average molecular weight is 375 g/mol. The summed E-state index contributed by atoms with van der Waals surface area (Å²) in [6, 6.07) is 13.5. The molecule has 1 N–H and O–H groups in total. The van der Waals surface area contributed by atoms with E-state index in [9.17, 15) is 4.79 Å². The Kier molecular flexibility index (Phi) is 5.36. The maximum Gasteiger partial charge on any atom is 0.258 e. The average Bonchev–Trinajstić information content (AvgIpc) is 2.95. The fourth-order valence-corrected chi connectivity index (χ4v) is 2.68. The van der Waals surface area contributed by atoms with Crippen molar-refractivity contribution < 1.29 is 4.79 Å². The van der Waals surface area contributed by atoms with Gasteiger partial charge in [0.1, 0.15) is 5.15 Å². The summed E-state index contributed by atoms with van der Waals surface area (Å²) in [7, 11) is 0. The van der Waals surface area contributed by atoms with Crippen LogP contribution in [-0.2, 0) is 13.0 Å². The molecule has 0 fully saturated rings. The Bertz CT molecular complexity index is 893. The Hall–Kier alpha value is -2.37. The molecule has 1 amide bonds. The quantitative estimate of drug-likeness (QED) is 0.673. The fourth-order valence-electron chi connectivity index (χ4n) is 2.41. The third-order valence-corrected chi connectivity index (χ3v) is 4.42. The molecule has 0 saturated carbocycles. The Morgan fingerprint density at radius 1 is 1.20 bits per heavy atom. The van der Waals surface area contributed by atoms with Crippen LogP contribution in [-0.4, -0.2) is 20.7 Å². The first-order valence-electron chi connectivity index (χ1n) is 7.73. The zero-order valence-corrected chi connectivity index (χ0v) is 15.1. The van der Waals surface area contributed by atoms with E-state index in [0.717, 1.165) is 18.7 Å². The third-order valence-electron chi connectivity index (χ3n) is 3.74. The summed E-state index contributed by atoms with van der Waals surface area (Å²) in [4.78, 5) is 16.1. The van der Waals surface area contributed by atoms with E-state index < -0.39 is 0 Å². The van der Waals surface area contributed by atoms with E-state index >= 15 is 0 Å². The number of carbonyl (C=O) groups is 1. The van der Waals surface area contributed by atoms with Gasteiger partial charge in [-0.15, -0.1) is 0 Å². The monoisotopic (exact) mass is 374 g/mol. The number of hydrogen-bond acceptors (Lipinski definition) is 3. The van der Waals surface area contributed by atoms with Crippen molar-refractivity contribution in [2.24, 2.45) is 0 Å². The lowest BCUT2D eigenvalue weighted by molar-refractivity contribution is 0.102. The fraction of sp³-hybridized carbons (Fsp3) is 0.167. The zero-order chi connectivity index (χ0) is 17.8. The maximum absolute atomic E-state index is 12.3. The molecule has 5 nitrogen and oxygen atoms in total. The highest BCUT2D eigenvalue weighted by atomic mass is 35.5. The van der Waals surface area contributed by atoms with Crippen LogP contribution in [0.5, 0.6) is 0 Å². The molecule has 0 aliphatic rings. The number of nitrogens with zero attached hydrogens (tertiary/aromatic N) is 3. The molecule has 25 heavy (non-hydrogen) atoms. The molecule has 7 heteroatoms. The number of amides is 1. The van der Waals surface area contributed by atoms with Gasteiger partial charge in [0.05, 0.1) is 10.6 Å². The molecule has 0 spiro atoms. The molecule has 0 saturated heterocycles. The maximum atomic E-state index is 12.3. The minimum Gasteiger partial charge on any atom is -0.305 e. The predicted octanol–water partition coefficient (Wildman–Crippen LogP) is 4.39. The van der Waals surface area contributed by atoms with Crippen molar-refractivity contribution in [1.29, 1.82) is 0 Å². The van der Waals surface area contributed by atoms with Gasteiger partial charge in [-0.2, -0.15) is 5.10 Å². The van der Waals surface area contributed by atoms with Crippen molar-refractivity contribution >= 4 is 34.9 Å². The number of pyridine rings is 1. The number of hydrogen-bond donors (Lipinski definition) is 1. The summed E-state index contributed by atoms with van der Waals surface area (Å²) in [5.41, 5.74) is 2.54. The number of anilines is 1. The summed E-state index contributed by atoms with van der Waals surface area (Å²) < 4.78 is 1.87. The predicted molar refractivity (Wildman–Crippen MR) is 99.3 cm³/mol. The van der Waals surface area contributed by atoms with Gasteiger partial charge in [0.25, 0.3) is 5.91 Å². The van der Waals surface area contributed by atoms with Gasteiger partial charge in [0.15, 0.2) is 5.82 Å². The van der Waals surface area contributed by atoms with Crippen molar-refractivity contribution in [3.8, 4) is 0 Å². The van der Waals surface area contributed by atoms with Crippen molar-refractivity contribution in [1.82, 2.24) is 14.8 Å². The molecule has 1 aromatic carbocycles. The van der Waals surface area contributed by atoms with Gasteiger partial charge in [0.2, 0.25) is 0 Å². The first-order valence-corrected chi connectivity index (χ1v) is 8.49. The van der Waals surface area contributed by atoms with Crippen molar-refractivity contribution in [3.05, 3.63) is 75.7 Å². The van der Waals surface area contributed by atoms with Crippen LogP contribution >= 0.6 is 23.2 Å². The van der Waals surface area contributed by atoms with E-state index in [4.69, 9.17) is 23.2 Å². The molecule has 3 rings (SSSR count). The summed E-state index contributed by atoms with van der Waals surface area (Å²) in [6.45, 7) is 2.69. The first-order chi connectivity index (χ1) is 12.0. The molecule has 0 aliphatic heterocycles. The summed E-state index contributed by atoms with van der Waals surface area (Å²) in [5.74, 6) is 0.153. The number of rotatable bonds is 5. The molecule has 0 aliphatic carbocycles. The molecule has 2 aromatic heterocycles. The summed E-state index contributed by atoms with van der Waals surface area (Å²) in [5, 5.41) is 7.59. The van der Waals surface area contributed by atoms with Gasteiger partial charge >= 0.3 is 0 Å². The smallest absolute Gasteiger partial charge is 0.258 e. The summed E-state index contributed by atoms with van der Waals surface area (Å²) in [6.07, 6.45) is 2.25. The highest BCUT2D eigenvalue weighted by Crippen LogP contribution is 2.20. The topological polar surface area (TPSA) is 59.8 Å². The van der Waals surface area contributed by atoms with Crippen molar-refractivity contribution in [2.45, 2.75) is 19.9 Å². The highest BCUT2D eigenvalue weighted by molar-refractivity contribution is 6.41. The van der Waals surface area contributed by atoms with Gasteiger partial charge in [0, 0.05) is 24.5 Å². The van der Waals surface area contributed by atoms with E-state index in [2.05, 4.69) is 27.5 Å². The third kappa shape index (κ3) is 4.38. The Balaban J connectivity index is 1.67. The Morgan fingerprint density at radius 2 is 1.96 bits per heavy atom. The number of nitrogens with one attached hydrogen (secondary N) is 1. The molecule has 128 valence electrons. The Labute approximate surface area is 155 Å². The molecular formula is C18H16Cl2N4O. The van der Waals surface area contributed by atoms with Crippen LogP contribution in [0.3, 0.4) is 0 Å². The largest absolute Gasteiger partial charge is 0.305 e. The number of benzene rings is 1. The lowest BCUT2D eigenvalue weighted by Gasteiger charge is -2.05. The van der Waals surface area contributed by atoms with E-state index in [-0.39, 0.29) is 16.1 Å². The van der Waals surface area contributed by atoms with Gasteiger partial charge in [-0.3, -0.25) is 9.48 Å². The second-order valence-corrected chi connectivity index (χ2v) is 6.35. The van der Waals surface area contributed by atoms with Crippen molar-refractivity contribution in [2.75, 3.05) is 5.32 Å². The standard InChI is InChI=1S/C18H16Cl2N4O/c1-12-9-16(22-18(25)14-10-15(19)17(20)21-11-14)23-24(12)8-7-13-5-3-2-4-6-13/h2-6,9-11H,7-8H2,1H3,(H,22,23,25). The van der Waals surface area contributed by atoms with Crippen molar-refractivity contribution in [3.63, 3.8) is 0 Å². The lowest BCUT2D eigenvalue weighted by atomic mass is 10.1. The first kappa shape index (κ1) is 17.5. The van der Waals surface area contributed by atoms with E-state index in [0.29, 0.717) is 11.4 Å². The molecule has 2 heterocycles. The van der Waals surface area contributed by atoms with E-state index in [1.807, 2.05) is 35.9 Å². The van der Waals surface area contributed by atoms with Crippen LogP contribution in [0.2, 0.25) is 10.2 Å². The van der Waals surface area contributed by atoms with Gasteiger partial charge in [-0.05, 0) is 25.0 Å². The van der Waals surface area contributed by atoms with E-state index in [1.54, 1.807) is 0 Å². The van der Waals surface area contributed by atoms with Gasteiger partial charge in [-0.25, -0.2) is 4.98 Å². The SMILES string of the molecule is Cc1cc(NC(=O)c2cnc(Cl)c(Cl)c2)nn1CCc1ccccc1.